The molecular formula is C13H20F3NO3. The summed E-state index contributed by atoms with van der Waals surface area (Å²) < 4.78 is 36.7. The minimum absolute atomic E-state index is 0.418. The van der Waals surface area contributed by atoms with Crippen molar-refractivity contribution in [2.24, 2.45) is 11.8 Å². The highest BCUT2D eigenvalue weighted by Crippen LogP contribution is 2.30. The Labute approximate surface area is 115 Å². The highest BCUT2D eigenvalue weighted by molar-refractivity contribution is 5.84. The van der Waals surface area contributed by atoms with E-state index in [1.54, 1.807) is 6.92 Å². The van der Waals surface area contributed by atoms with Gasteiger partial charge in [0.2, 0.25) is 5.91 Å². The first-order valence-corrected chi connectivity index (χ1v) is 6.79. The van der Waals surface area contributed by atoms with Crippen LogP contribution >= 0.6 is 0 Å². The van der Waals surface area contributed by atoms with Crippen molar-refractivity contribution in [3.8, 4) is 0 Å². The van der Waals surface area contributed by atoms with Crippen molar-refractivity contribution in [3.63, 3.8) is 0 Å². The molecule has 0 radical (unpaired) electrons. The van der Waals surface area contributed by atoms with E-state index in [0.717, 1.165) is 25.7 Å². The minimum atomic E-state index is -4.62. The molecule has 1 aliphatic carbocycles. The number of nitrogens with one attached hydrogen (secondary N) is 1. The highest BCUT2D eigenvalue weighted by atomic mass is 19.4. The Kier molecular flexibility index (Phi) is 5.83. The number of rotatable bonds is 6. The van der Waals surface area contributed by atoms with Gasteiger partial charge in [0, 0.05) is 5.92 Å². The lowest BCUT2D eigenvalue weighted by atomic mass is 9.93. The molecule has 1 saturated carbocycles. The molecule has 2 N–H and O–H groups in total. The topological polar surface area (TPSA) is 66.4 Å². The van der Waals surface area contributed by atoms with Gasteiger partial charge < -0.3 is 10.4 Å². The quantitative estimate of drug-likeness (QED) is 0.791. The van der Waals surface area contributed by atoms with Crippen LogP contribution in [0.2, 0.25) is 0 Å². The average Bonchev–Trinajstić information content (AvgIpc) is 2.78. The molecule has 4 nitrogen and oxygen atoms in total. The number of carbonyl (C=O) groups is 2. The fourth-order valence-electron chi connectivity index (χ4n) is 2.60. The second-order valence-electron chi connectivity index (χ2n) is 5.51. The van der Waals surface area contributed by atoms with E-state index in [-0.39, 0.29) is 0 Å². The number of carbonyl (C=O) groups excluding carboxylic acids is 1. The van der Waals surface area contributed by atoms with Crippen LogP contribution in [0.5, 0.6) is 0 Å². The van der Waals surface area contributed by atoms with Gasteiger partial charge in [-0.3, -0.25) is 4.79 Å². The molecule has 20 heavy (non-hydrogen) atoms. The van der Waals surface area contributed by atoms with E-state index < -0.39 is 36.4 Å². The van der Waals surface area contributed by atoms with Crippen molar-refractivity contribution in [2.45, 2.75) is 57.7 Å². The number of amides is 1. The van der Waals surface area contributed by atoms with Gasteiger partial charge in [-0.1, -0.05) is 32.6 Å². The Bertz CT molecular complexity index is 351. The van der Waals surface area contributed by atoms with E-state index in [1.165, 1.54) is 0 Å². The molecule has 0 aromatic carbocycles. The van der Waals surface area contributed by atoms with Crippen LogP contribution in [0.1, 0.15) is 45.4 Å². The maximum Gasteiger partial charge on any atom is 0.391 e. The highest BCUT2D eigenvalue weighted by Gasteiger charge is 2.37. The van der Waals surface area contributed by atoms with Crippen molar-refractivity contribution in [1.29, 1.82) is 0 Å². The van der Waals surface area contributed by atoms with Crippen LogP contribution in [0.15, 0.2) is 0 Å². The molecular weight excluding hydrogens is 275 g/mol. The largest absolute Gasteiger partial charge is 0.480 e. The van der Waals surface area contributed by atoms with Gasteiger partial charge in [-0.15, -0.1) is 0 Å². The summed E-state index contributed by atoms with van der Waals surface area (Å²) in [6.45, 7) is 1.63. The van der Waals surface area contributed by atoms with Crippen molar-refractivity contribution < 1.29 is 27.9 Å². The lowest BCUT2D eigenvalue weighted by molar-refractivity contribution is -0.160. The van der Waals surface area contributed by atoms with Crippen LogP contribution in [0.3, 0.4) is 0 Å². The smallest absolute Gasteiger partial charge is 0.391 e. The van der Waals surface area contributed by atoms with Crippen LogP contribution in [0, 0.1) is 11.8 Å². The first-order valence-electron chi connectivity index (χ1n) is 6.79. The molecule has 0 saturated heterocycles. The van der Waals surface area contributed by atoms with Gasteiger partial charge in [0.05, 0.1) is 6.42 Å². The molecule has 1 rings (SSSR count). The molecule has 0 spiro atoms. The van der Waals surface area contributed by atoms with Gasteiger partial charge in [-0.25, -0.2) is 4.79 Å². The Hall–Kier alpha value is -1.27. The zero-order valence-corrected chi connectivity index (χ0v) is 11.4. The second kappa shape index (κ2) is 6.95. The molecule has 2 unspecified atom stereocenters. The van der Waals surface area contributed by atoms with Crippen molar-refractivity contribution >= 4 is 11.9 Å². The van der Waals surface area contributed by atoms with Crippen molar-refractivity contribution in [2.75, 3.05) is 0 Å². The SMILES string of the molecule is CC(CC1CCCC1)C(=O)NC(CC(F)(F)F)C(=O)O. The summed E-state index contributed by atoms with van der Waals surface area (Å²) in [6.07, 6.45) is -1.28. The summed E-state index contributed by atoms with van der Waals surface area (Å²) >= 11 is 0. The Morgan fingerprint density at radius 3 is 2.30 bits per heavy atom. The molecule has 116 valence electrons. The zero-order valence-electron chi connectivity index (χ0n) is 11.4. The molecule has 1 fully saturated rings. The lowest BCUT2D eigenvalue weighted by Crippen LogP contribution is -2.45. The third-order valence-corrected chi connectivity index (χ3v) is 3.66. The molecule has 1 amide bonds. The molecule has 0 heterocycles. The monoisotopic (exact) mass is 295 g/mol. The van der Waals surface area contributed by atoms with Gasteiger partial charge >= 0.3 is 12.1 Å². The third-order valence-electron chi connectivity index (χ3n) is 3.66. The molecule has 0 aliphatic heterocycles. The Morgan fingerprint density at radius 2 is 1.85 bits per heavy atom. The average molecular weight is 295 g/mol. The normalized spacial score (nSPS) is 19.6. The summed E-state index contributed by atoms with van der Waals surface area (Å²) in [7, 11) is 0. The maximum atomic E-state index is 12.2. The molecule has 0 aromatic rings. The number of carboxylic acid groups (broad SMARTS) is 1. The van der Waals surface area contributed by atoms with Crippen LogP contribution in [0.25, 0.3) is 0 Å². The van der Waals surface area contributed by atoms with Crippen LogP contribution in [0.4, 0.5) is 13.2 Å². The standard InChI is InChI=1S/C13H20F3NO3/c1-8(6-9-4-2-3-5-9)11(18)17-10(12(19)20)7-13(14,15)16/h8-10H,2-7H2,1H3,(H,17,18)(H,19,20). The summed E-state index contributed by atoms with van der Waals surface area (Å²) in [5.74, 6) is -2.33. The number of halogens is 3. The van der Waals surface area contributed by atoms with E-state index >= 15 is 0 Å². The number of aliphatic carboxylic acids is 1. The number of hydrogen-bond acceptors (Lipinski definition) is 2. The van der Waals surface area contributed by atoms with Crippen molar-refractivity contribution in [1.82, 2.24) is 5.32 Å². The predicted octanol–water partition coefficient (Wildman–Crippen LogP) is 2.72. The number of alkyl halides is 3. The summed E-state index contributed by atoms with van der Waals surface area (Å²) in [4.78, 5) is 22.6. The van der Waals surface area contributed by atoms with E-state index in [2.05, 4.69) is 0 Å². The Balaban J connectivity index is 2.49. The zero-order chi connectivity index (χ0) is 15.3. The summed E-state index contributed by atoms with van der Waals surface area (Å²) in [5, 5.41) is 10.7. The van der Waals surface area contributed by atoms with Gasteiger partial charge in [0.15, 0.2) is 0 Å². The summed E-state index contributed by atoms with van der Waals surface area (Å²) in [5.41, 5.74) is 0. The maximum absolute atomic E-state index is 12.2. The second-order valence-corrected chi connectivity index (χ2v) is 5.51. The van der Waals surface area contributed by atoms with Gasteiger partial charge in [-0.05, 0) is 12.3 Å². The first kappa shape index (κ1) is 16.8. The predicted molar refractivity (Wildman–Crippen MR) is 66.0 cm³/mol. The lowest BCUT2D eigenvalue weighted by Gasteiger charge is -2.20. The van der Waals surface area contributed by atoms with Gasteiger partial charge in [0.25, 0.3) is 0 Å². The molecule has 2 atom stereocenters. The van der Waals surface area contributed by atoms with Crippen molar-refractivity contribution in [3.05, 3.63) is 0 Å². The molecule has 0 aromatic heterocycles. The van der Waals surface area contributed by atoms with Crippen LogP contribution in [-0.2, 0) is 9.59 Å². The van der Waals surface area contributed by atoms with E-state index in [0.29, 0.717) is 12.3 Å². The van der Waals surface area contributed by atoms with Gasteiger partial charge in [-0.2, -0.15) is 13.2 Å². The van der Waals surface area contributed by atoms with E-state index in [9.17, 15) is 22.8 Å². The fraction of sp³-hybridized carbons (Fsp3) is 0.846. The molecule has 0 bridgehead atoms. The number of hydrogen-bond donors (Lipinski definition) is 2. The molecule has 1 aliphatic rings. The Morgan fingerprint density at radius 1 is 1.30 bits per heavy atom. The first-order chi connectivity index (χ1) is 9.19. The van der Waals surface area contributed by atoms with Crippen LogP contribution in [-0.4, -0.2) is 29.2 Å². The number of carboxylic acids is 1. The van der Waals surface area contributed by atoms with E-state index in [1.807, 2.05) is 5.32 Å². The van der Waals surface area contributed by atoms with Gasteiger partial charge in [0.1, 0.15) is 6.04 Å². The molecule has 7 heteroatoms. The fourth-order valence-corrected chi connectivity index (χ4v) is 2.60. The minimum Gasteiger partial charge on any atom is -0.480 e. The van der Waals surface area contributed by atoms with Crippen LogP contribution < -0.4 is 5.32 Å². The third kappa shape index (κ3) is 5.79. The van der Waals surface area contributed by atoms with E-state index in [4.69, 9.17) is 5.11 Å². The summed E-state index contributed by atoms with van der Waals surface area (Å²) in [6, 6.07) is -1.91.